The van der Waals surface area contributed by atoms with E-state index in [0.717, 1.165) is 13.0 Å². The number of carbonyl (C=O) groups is 1. The second-order valence-electron chi connectivity index (χ2n) is 5.98. The lowest BCUT2D eigenvalue weighted by Crippen LogP contribution is -2.03. The van der Waals surface area contributed by atoms with E-state index in [1.165, 1.54) is 13.0 Å². The lowest BCUT2D eigenvalue weighted by Gasteiger charge is -2.08. The number of phenols is 4. The maximum absolute atomic E-state index is 12.9. The molecule has 27 heavy (non-hydrogen) atoms. The van der Waals surface area contributed by atoms with E-state index < -0.39 is 34.4 Å². The molecule has 4 aromatic rings. The summed E-state index contributed by atoms with van der Waals surface area (Å²) < 4.78 is 15.9. The first-order valence-corrected chi connectivity index (χ1v) is 7.68. The second-order valence-corrected chi connectivity index (χ2v) is 5.98. The number of fused-ring (bicyclic) bond motifs is 4. The van der Waals surface area contributed by atoms with Gasteiger partial charge >= 0.3 is 11.7 Å². The first kappa shape index (κ1) is 16.6. The molecule has 0 fully saturated rings. The lowest BCUT2D eigenvalue weighted by atomic mass is 10.1. The fourth-order valence-electron chi connectivity index (χ4n) is 2.98. The van der Waals surface area contributed by atoms with Crippen LogP contribution < -0.4 is 10.2 Å². The summed E-state index contributed by atoms with van der Waals surface area (Å²) in [4.78, 5) is 24.1. The van der Waals surface area contributed by atoms with Crippen molar-refractivity contribution in [2.45, 2.75) is 13.8 Å². The molecule has 2 heterocycles. The summed E-state index contributed by atoms with van der Waals surface area (Å²) >= 11 is 0. The summed E-state index contributed by atoms with van der Waals surface area (Å²) in [6.45, 7) is 2.55. The van der Waals surface area contributed by atoms with Crippen molar-refractivity contribution in [2.75, 3.05) is 0 Å². The normalized spacial score (nSPS) is 11.5. The molecule has 0 unspecified atom stereocenters. The lowest BCUT2D eigenvalue weighted by molar-refractivity contribution is -0.132. The fraction of sp³-hybridized carbons (Fsp3) is 0.111. The van der Waals surface area contributed by atoms with Gasteiger partial charge in [0.25, 0.3) is 0 Å². The Labute approximate surface area is 149 Å². The van der Waals surface area contributed by atoms with Crippen molar-refractivity contribution in [2.24, 2.45) is 0 Å². The Morgan fingerprint density at radius 2 is 1.70 bits per heavy atom. The van der Waals surface area contributed by atoms with Crippen molar-refractivity contribution in [3.05, 3.63) is 27.9 Å². The molecule has 0 amide bonds. The highest BCUT2D eigenvalue weighted by molar-refractivity contribution is 6.08. The summed E-state index contributed by atoms with van der Waals surface area (Å²) in [5.74, 6) is -3.78. The first-order valence-electron chi connectivity index (χ1n) is 7.68. The van der Waals surface area contributed by atoms with Crippen molar-refractivity contribution in [3.63, 3.8) is 0 Å². The quantitative estimate of drug-likeness (QED) is 0.224. The third-order valence-corrected chi connectivity index (χ3v) is 4.25. The van der Waals surface area contributed by atoms with Crippen molar-refractivity contribution < 1.29 is 38.8 Å². The van der Waals surface area contributed by atoms with Crippen molar-refractivity contribution in [1.82, 2.24) is 0 Å². The molecule has 0 spiro atoms. The van der Waals surface area contributed by atoms with Gasteiger partial charge in [-0.3, -0.25) is 9.59 Å². The summed E-state index contributed by atoms with van der Waals surface area (Å²) in [5, 5.41) is 39.5. The molecule has 0 saturated carbocycles. The Balaban J connectivity index is 2.19. The van der Waals surface area contributed by atoms with Crippen LogP contribution in [0.15, 0.2) is 25.8 Å². The molecule has 138 valence electrons. The maximum atomic E-state index is 12.9. The number of phenolic OH excluding ortho intramolecular Hbond substituents is 4. The molecule has 0 radical (unpaired) electrons. The standard InChI is InChI=1S/C18H12O9/c1-5-13(21)16(24)15(23)12-14(22)11-7-3-8(20)10(25-6(2)19)4-9(7)26-18(11)27-17(5)12/h3-4,20-21,23-24H,1-2H3. The van der Waals surface area contributed by atoms with Crippen molar-refractivity contribution >= 4 is 39.1 Å². The van der Waals surface area contributed by atoms with E-state index in [1.807, 2.05) is 0 Å². The molecule has 0 atom stereocenters. The van der Waals surface area contributed by atoms with Gasteiger partial charge in [0.05, 0.1) is 0 Å². The molecule has 9 nitrogen and oxygen atoms in total. The number of rotatable bonds is 1. The van der Waals surface area contributed by atoms with Crippen LogP contribution in [0.4, 0.5) is 0 Å². The highest BCUT2D eigenvalue weighted by atomic mass is 16.5. The van der Waals surface area contributed by atoms with Gasteiger partial charge < -0.3 is 34.0 Å². The molecule has 9 heteroatoms. The highest BCUT2D eigenvalue weighted by Crippen LogP contribution is 2.45. The number of hydrogen-bond donors (Lipinski definition) is 4. The minimum Gasteiger partial charge on any atom is -0.504 e. The van der Waals surface area contributed by atoms with E-state index in [4.69, 9.17) is 13.6 Å². The predicted octanol–water partition coefficient (Wildman–Crippen LogP) is 2.75. The monoisotopic (exact) mass is 372 g/mol. The minimum atomic E-state index is -0.848. The van der Waals surface area contributed by atoms with E-state index >= 15 is 0 Å². The number of benzene rings is 2. The van der Waals surface area contributed by atoms with E-state index in [9.17, 15) is 30.0 Å². The van der Waals surface area contributed by atoms with Gasteiger partial charge in [-0.05, 0) is 13.0 Å². The van der Waals surface area contributed by atoms with Gasteiger partial charge in [-0.25, -0.2) is 0 Å². The van der Waals surface area contributed by atoms with Crippen molar-refractivity contribution in [3.8, 4) is 28.7 Å². The molecule has 0 aliphatic rings. The summed E-state index contributed by atoms with van der Waals surface area (Å²) in [6, 6.07) is 2.37. The number of aromatic hydroxyl groups is 4. The Bertz CT molecular complexity index is 1340. The Morgan fingerprint density at radius 3 is 2.37 bits per heavy atom. The maximum Gasteiger partial charge on any atom is 0.308 e. The van der Waals surface area contributed by atoms with Crippen LogP contribution in [0.25, 0.3) is 33.1 Å². The van der Waals surface area contributed by atoms with Crippen LogP contribution in [0.5, 0.6) is 28.7 Å². The van der Waals surface area contributed by atoms with Crippen LogP contribution >= 0.6 is 0 Å². The first-order chi connectivity index (χ1) is 12.7. The third-order valence-electron chi connectivity index (χ3n) is 4.25. The minimum absolute atomic E-state index is 0.0307. The largest absolute Gasteiger partial charge is 0.504 e. The van der Waals surface area contributed by atoms with Crippen LogP contribution in [-0.2, 0) is 4.79 Å². The van der Waals surface area contributed by atoms with Gasteiger partial charge in [-0.2, -0.15) is 0 Å². The van der Waals surface area contributed by atoms with E-state index in [0.29, 0.717) is 0 Å². The zero-order valence-electron chi connectivity index (χ0n) is 14.0. The molecule has 0 bridgehead atoms. The van der Waals surface area contributed by atoms with Gasteiger partial charge in [0.2, 0.25) is 11.2 Å². The number of furan rings is 1. The number of ether oxygens (including phenoxy) is 1. The zero-order chi connectivity index (χ0) is 19.6. The zero-order valence-corrected chi connectivity index (χ0v) is 14.0. The van der Waals surface area contributed by atoms with Gasteiger partial charge in [-0.1, -0.05) is 0 Å². The summed E-state index contributed by atoms with van der Waals surface area (Å²) in [6.07, 6.45) is 0. The molecule has 0 aliphatic heterocycles. The third kappa shape index (κ3) is 2.18. The highest BCUT2D eigenvalue weighted by Gasteiger charge is 2.25. The van der Waals surface area contributed by atoms with Crippen LogP contribution in [0.2, 0.25) is 0 Å². The van der Waals surface area contributed by atoms with Gasteiger partial charge in [0, 0.05) is 23.9 Å². The molecular weight excluding hydrogens is 360 g/mol. The van der Waals surface area contributed by atoms with E-state index in [1.54, 1.807) is 0 Å². The molecule has 4 rings (SSSR count). The Hall–Kier alpha value is -3.88. The number of esters is 1. The van der Waals surface area contributed by atoms with Gasteiger partial charge in [0.15, 0.2) is 28.6 Å². The van der Waals surface area contributed by atoms with Crippen LogP contribution in [0.1, 0.15) is 12.5 Å². The van der Waals surface area contributed by atoms with Gasteiger partial charge in [0.1, 0.15) is 16.4 Å². The van der Waals surface area contributed by atoms with E-state index in [2.05, 4.69) is 0 Å². The fourth-order valence-corrected chi connectivity index (χ4v) is 2.98. The molecule has 2 aromatic carbocycles. The van der Waals surface area contributed by atoms with Crippen LogP contribution in [0.3, 0.4) is 0 Å². The molecule has 4 N–H and O–H groups in total. The number of aryl methyl sites for hydroxylation is 1. The SMILES string of the molecule is CC(=O)Oc1cc2oc3oc4c(C)c(O)c(O)c(O)c4c(=O)c3c2cc1O. The second kappa shape index (κ2) is 5.31. The molecular formula is C18H12O9. The van der Waals surface area contributed by atoms with Crippen LogP contribution in [-0.4, -0.2) is 26.4 Å². The number of hydrogen-bond acceptors (Lipinski definition) is 9. The van der Waals surface area contributed by atoms with E-state index in [-0.39, 0.29) is 44.4 Å². The van der Waals surface area contributed by atoms with Gasteiger partial charge in [-0.15, -0.1) is 0 Å². The molecule has 0 saturated heterocycles. The van der Waals surface area contributed by atoms with Crippen molar-refractivity contribution in [1.29, 1.82) is 0 Å². The summed E-state index contributed by atoms with van der Waals surface area (Å²) in [5.41, 5.74) is -0.784. The average molecular weight is 372 g/mol. The molecule has 0 aliphatic carbocycles. The summed E-state index contributed by atoms with van der Waals surface area (Å²) in [7, 11) is 0. The van der Waals surface area contributed by atoms with Crippen LogP contribution in [0, 0.1) is 6.92 Å². The topological polar surface area (TPSA) is 151 Å². The number of carbonyl (C=O) groups excluding carboxylic acids is 1. The smallest absolute Gasteiger partial charge is 0.308 e. The Morgan fingerprint density at radius 1 is 1.00 bits per heavy atom. The average Bonchev–Trinajstić information content (AvgIpc) is 2.95. The molecule has 2 aromatic heterocycles. The predicted molar refractivity (Wildman–Crippen MR) is 92.5 cm³/mol. The Kier molecular flexibility index (Phi) is 3.26.